The molecule has 0 aliphatic heterocycles. The van der Waals surface area contributed by atoms with E-state index in [9.17, 15) is 4.79 Å². The second kappa shape index (κ2) is 5.22. The first-order chi connectivity index (χ1) is 7.28. The second-order valence-electron chi connectivity index (χ2n) is 5.74. The molecule has 0 radical (unpaired) electrons. The fraction of sp³-hybridized carbons (Fsp3) is 0.769. The van der Waals surface area contributed by atoms with Crippen LogP contribution in [-0.4, -0.2) is 16.8 Å². The largest absolute Gasteiger partial charge is 0.351 e. The van der Waals surface area contributed by atoms with Gasteiger partial charge in [-0.05, 0) is 46.0 Å². The van der Waals surface area contributed by atoms with Crippen molar-refractivity contribution in [2.45, 2.75) is 57.4 Å². The summed E-state index contributed by atoms with van der Waals surface area (Å²) < 4.78 is 0. The highest BCUT2D eigenvalue weighted by atomic mass is 35.5. The Bertz CT molecular complexity index is 280. The molecule has 3 heteroatoms. The Balaban J connectivity index is 2.43. The maximum absolute atomic E-state index is 11.8. The van der Waals surface area contributed by atoms with Gasteiger partial charge in [-0.3, -0.25) is 4.79 Å². The van der Waals surface area contributed by atoms with Crippen molar-refractivity contribution in [2.24, 2.45) is 5.92 Å². The standard InChI is InChI=1S/C13H22ClNO/c1-9-7-11(14)6-5-10(9)8-12(16)15-13(2,3)4/h10-11H,1,5-8H2,2-4H3,(H,15,16). The first kappa shape index (κ1) is 13.6. The monoisotopic (exact) mass is 243 g/mol. The number of rotatable bonds is 2. The van der Waals surface area contributed by atoms with Crippen LogP contribution in [0, 0.1) is 5.92 Å². The molecular formula is C13H22ClNO. The van der Waals surface area contributed by atoms with E-state index in [1.165, 1.54) is 0 Å². The number of carbonyl (C=O) groups is 1. The van der Waals surface area contributed by atoms with Crippen molar-refractivity contribution >= 4 is 17.5 Å². The van der Waals surface area contributed by atoms with Crippen molar-refractivity contribution in [1.29, 1.82) is 0 Å². The predicted molar refractivity (Wildman–Crippen MR) is 68.6 cm³/mol. The number of halogens is 1. The van der Waals surface area contributed by atoms with E-state index in [1.807, 2.05) is 20.8 Å². The SMILES string of the molecule is C=C1CC(Cl)CCC1CC(=O)NC(C)(C)C. The van der Waals surface area contributed by atoms with Gasteiger partial charge in [-0.25, -0.2) is 0 Å². The molecule has 1 rings (SSSR count). The lowest BCUT2D eigenvalue weighted by molar-refractivity contribution is -0.123. The highest BCUT2D eigenvalue weighted by molar-refractivity contribution is 6.20. The Morgan fingerprint density at radius 1 is 1.50 bits per heavy atom. The molecule has 2 nitrogen and oxygen atoms in total. The Hall–Kier alpha value is -0.500. The Morgan fingerprint density at radius 3 is 2.62 bits per heavy atom. The van der Waals surface area contributed by atoms with Gasteiger partial charge in [0.25, 0.3) is 0 Å². The fourth-order valence-electron chi connectivity index (χ4n) is 2.08. The molecule has 0 aromatic carbocycles. The number of allylic oxidation sites excluding steroid dienone is 1. The molecule has 1 saturated carbocycles. The highest BCUT2D eigenvalue weighted by Crippen LogP contribution is 2.33. The summed E-state index contributed by atoms with van der Waals surface area (Å²) in [5.41, 5.74) is 0.984. The van der Waals surface area contributed by atoms with Crippen LogP contribution in [-0.2, 0) is 4.79 Å². The van der Waals surface area contributed by atoms with Crippen LogP contribution in [0.25, 0.3) is 0 Å². The van der Waals surface area contributed by atoms with E-state index in [-0.39, 0.29) is 16.8 Å². The van der Waals surface area contributed by atoms with Gasteiger partial charge < -0.3 is 5.32 Å². The molecule has 1 amide bonds. The first-order valence-electron chi connectivity index (χ1n) is 5.90. The van der Waals surface area contributed by atoms with E-state index in [0.717, 1.165) is 24.8 Å². The number of hydrogen-bond acceptors (Lipinski definition) is 1. The van der Waals surface area contributed by atoms with E-state index in [0.29, 0.717) is 12.3 Å². The van der Waals surface area contributed by atoms with Gasteiger partial charge in [0.2, 0.25) is 5.91 Å². The molecule has 2 atom stereocenters. The van der Waals surface area contributed by atoms with Gasteiger partial charge in [0.05, 0.1) is 0 Å². The zero-order valence-electron chi connectivity index (χ0n) is 10.5. The van der Waals surface area contributed by atoms with Gasteiger partial charge in [0.1, 0.15) is 0 Å². The molecule has 92 valence electrons. The van der Waals surface area contributed by atoms with Gasteiger partial charge in [-0.2, -0.15) is 0 Å². The summed E-state index contributed by atoms with van der Waals surface area (Å²) in [4.78, 5) is 11.8. The molecular weight excluding hydrogens is 222 g/mol. The zero-order chi connectivity index (χ0) is 12.3. The van der Waals surface area contributed by atoms with Crippen LogP contribution in [0.3, 0.4) is 0 Å². The number of nitrogens with one attached hydrogen (secondary N) is 1. The number of alkyl halides is 1. The molecule has 0 heterocycles. The number of hydrogen-bond donors (Lipinski definition) is 1. The lowest BCUT2D eigenvalue weighted by atomic mass is 9.82. The van der Waals surface area contributed by atoms with Crippen molar-refractivity contribution < 1.29 is 4.79 Å². The summed E-state index contributed by atoms with van der Waals surface area (Å²) in [6, 6.07) is 0. The minimum absolute atomic E-state index is 0.117. The Morgan fingerprint density at radius 2 is 2.12 bits per heavy atom. The maximum Gasteiger partial charge on any atom is 0.220 e. The molecule has 2 unspecified atom stereocenters. The molecule has 0 saturated heterocycles. The predicted octanol–water partition coefficient (Wildman–Crippen LogP) is 3.25. The van der Waals surface area contributed by atoms with Crippen LogP contribution in [0.1, 0.15) is 46.5 Å². The molecule has 16 heavy (non-hydrogen) atoms. The van der Waals surface area contributed by atoms with Gasteiger partial charge in [-0.15, -0.1) is 11.6 Å². The lowest BCUT2D eigenvalue weighted by Crippen LogP contribution is -2.41. The smallest absolute Gasteiger partial charge is 0.220 e. The third kappa shape index (κ3) is 4.56. The van der Waals surface area contributed by atoms with Crippen LogP contribution in [0.5, 0.6) is 0 Å². The topological polar surface area (TPSA) is 29.1 Å². The van der Waals surface area contributed by atoms with Crippen molar-refractivity contribution in [3.05, 3.63) is 12.2 Å². The second-order valence-corrected chi connectivity index (χ2v) is 6.35. The third-order valence-electron chi connectivity index (χ3n) is 2.84. The van der Waals surface area contributed by atoms with Gasteiger partial charge in [0, 0.05) is 17.3 Å². The summed E-state index contributed by atoms with van der Waals surface area (Å²) in [5, 5.41) is 3.20. The number of amides is 1. The molecule has 0 aromatic heterocycles. The quantitative estimate of drug-likeness (QED) is 0.586. The van der Waals surface area contributed by atoms with Crippen LogP contribution < -0.4 is 5.32 Å². The molecule has 1 aliphatic carbocycles. The molecule has 0 bridgehead atoms. The lowest BCUT2D eigenvalue weighted by Gasteiger charge is -2.28. The molecule has 0 spiro atoms. The minimum atomic E-state index is -0.151. The van der Waals surface area contributed by atoms with Gasteiger partial charge >= 0.3 is 0 Å². The molecule has 1 aliphatic rings. The van der Waals surface area contributed by atoms with E-state index < -0.39 is 0 Å². The first-order valence-corrected chi connectivity index (χ1v) is 6.34. The Labute approximate surface area is 103 Å². The summed E-state index contributed by atoms with van der Waals surface area (Å²) in [6.45, 7) is 10.0. The van der Waals surface area contributed by atoms with Crippen LogP contribution in [0.4, 0.5) is 0 Å². The molecule has 0 aromatic rings. The summed E-state index contributed by atoms with van der Waals surface area (Å²) in [7, 11) is 0. The minimum Gasteiger partial charge on any atom is -0.351 e. The molecule has 1 N–H and O–H groups in total. The van der Waals surface area contributed by atoms with E-state index in [2.05, 4.69) is 11.9 Å². The summed E-state index contributed by atoms with van der Waals surface area (Å²) in [5.74, 6) is 0.434. The maximum atomic E-state index is 11.8. The van der Waals surface area contributed by atoms with E-state index >= 15 is 0 Å². The van der Waals surface area contributed by atoms with Crippen molar-refractivity contribution in [3.63, 3.8) is 0 Å². The number of carbonyl (C=O) groups excluding carboxylic acids is 1. The van der Waals surface area contributed by atoms with Crippen molar-refractivity contribution in [2.75, 3.05) is 0 Å². The van der Waals surface area contributed by atoms with Crippen molar-refractivity contribution in [1.82, 2.24) is 5.32 Å². The normalized spacial score (nSPS) is 26.6. The average molecular weight is 244 g/mol. The highest BCUT2D eigenvalue weighted by Gasteiger charge is 2.25. The van der Waals surface area contributed by atoms with Gasteiger partial charge in [0.15, 0.2) is 0 Å². The fourth-order valence-corrected chi connectivity index (χ4v) is 2.40. The Kier molecular flexibility index (Phi) is 4.43. The summed E-state index contributed by atoms with van der Waals surface area (Å²) in [6.07, 6.45) is 3.40. The zero-order valence-corrected chi connectivity index (χ0v) is 11.2. The summed E-state index contributed by atoms with van der Waals surface area (Å²) >= 11 is 6.06. The molecule has 1 fully saturated rings. The van der Waals surface area contributed by atoms with E-state index in [1.54, 1.807) is 0 Å². The van der Waals surface area contributed by atoms with Crippen LogP contribution >= 0.6 is 11.6 Å². The van der Waals surface area contributed by atoms with Gasteiger partial charge in [-0.1, -0.05) is 12.2 Å². The van der Waals surface area contributed by atoms with Crippen LogP contribution in [0.15, 0.2) is 12.2 Å². The van der Waals surface area contributed by atoms with Crippen LogP contribution in [0.2, 0.25) is 0 Å². The third-order valence-corrected chi connectivity index (χ3v) is 3.21. The average Bonchev–Trinajstić information content (AvgIpc) is 2.06. The van der Waals surface area contributed by atoms with Crippen molar-refractivity contribution in [3.8, 4) is 0 Å². The van der Waals surface area contributed by atoms with E-state index in [4.69, 9.17) is 11.6 Å².